The molecule has 0 unspecified atom stereocenters. The highest BCUT2D eigenvalue weighted by molar-refractivity contribution is 5.75. The zero-order valence-electron chi connectivity index (χ0n) is 7.41. The van der Waals surface area contributed by atoms with Crippen LogP contribution in [0.4, 0.5) is 0 Å². The standard InChI is InChI=1S/C8H14N2O2/c1-6(2)5-7(10)8(11)12-4-3-9/h6-7H,4-5,10H2,1-2H3/t7-/m0/s1. The van der Waals surface area contributed by atoms with E-state index in [1.54, 1.807) is 6.07 Å². The maximum absolute atomic E-state index is 10.9. The number of carbonyl (C=O) groups excluding carboxylic acids is 1. The molecule has 12 heavy (non-hydrogen) atoms. The molecule has 0 fully saturated rings. The molecule has 68 valence electrons. The van der Waals surface area contributed by atoms with E-state index in [1.165, 1.54) is 0 Å². The lowest BCUT2D eigenvalue weighted by Gasteiger charge is -2.11. The minimum absolute atomic E-state index is 0.218. The third-order valence-corrected chi connectivity index (χ3v) is 1.31. The first kappa shape index (κ1) is 10.9. The van der Waals surface area contributed by atoms with Gasteiger partial charge in [0.05, 0.1) is 0 Å². The van der Waals surface area contributed by atoms with E-state index in [9.17, 15) is 4.79 Å². The van der Waals surface area contributed by atoms with Crippen molar-refractivity contribution in [3.8, 4) is 6.07 Å². The average Bonchev–Trinajstić information content (AvgIpc) is 1.98. The lowest BCUT2D eigenvalue weighted by atomic mass is 10.1. The molecule has 0 aromatic carbocycles. The molecule has 0 aliphatic rings. The summed E-state index contributed by atoms with van der Waals surface area (Å²) in [4.78, 5) is 10.9. The van der Waals surface area contributed by atoms with Crippen molar-refractivity contribution in [3.63, 3.8) is 0 Å². The van der Waals surface area contributed by atoms with Gasteiger partial charge < -0.3 is 10.5 Å². The van der Waals surface area contributed by atoms with Crippen molar-refractivity contribution in [2.24, 2.45) is 11.7 Å². The summed E-state index contributed by atoms with van der Waals surface area (Å²) in [5.41, 5.74) is 5.47. The van der Waals surface area contributed by atoms with Crippen molar-refractivity contribution in [3.05, 3.63) is 0 Å². The quantitative estimate of drug-likeness (QED) is 0.620. The molecule has 0 saturated carbocycles. The van der Waals surface area contributed by atoms with Gasteiger partial charge in [0.2, 0.25) is 0 Å². The Labute approximate surface area is 72.3 Å². The van der Waals surface area contributed by atoms with Gasteiger partial charge >= 0.3 is 5.97 Å². The normalized spacial score (nSPS) is 12.2. The molecule has 0 amide bonds. The first-order chi connectivity index (χ1) is 5.57. The highest BCUT2D eigenvalue weighted by atomic mass is 16.5. The third-order valence-electron chi connectivity index (χ3n) is 1.31. The molecule has 4 heteroatoms. The van der Waals surface area contributed by atoms with E-state index < -0.39 is 12.0 Å². The van der Waals surface area contributed by atoms with Crippen molar-refractivity contribution in [1.29, 1.82) is 5.26 Å². The minimum atomic E-state index is -0.599. The molecule has 0 aromatic rings. The number of nitrogens with two attached hydrogens (primary N) is 1. The summed E-state index contributed by atoms with van der Waals surface area (Å²) < 4.78 is 4.53. The zero-order chi connectivity index (χ0) is 9.56. The van der Waals surface area contributed by atoms with E-state index in [0.29, 0.717) is 12.3 Å². The Bertz CT molecular complexity index is 184. The summed E-state index contributed by atoms with van der Waals surface area (Å²) >= 11 is 0. The molecule has 0 bridgehead atoms. The van der Waals surface area contributed by atoms with Crippen molar-refractivity contribution < 1.29 is 9.53 Å². The Morgan fingerprint density at radius 3 is 2.67 bits per heavy atom. The summed E-state index contributed by atoms with van der Waals surface area (Å²) in [5.74, 6) is -0.139. The Balaban J connectivity index is 3.70. The van der Waals surface area contributed by atoms with E-state index in [-0.39, 0.29) is 6.61 Å². The van der Waals surface area contributed by atoms with Crippen molar-refractivity contribution >= 4 is 5.97 Å². The van der Waals surface area contributed by atoms with Crippen LogP contribution in [0.1, 0.15) is 20.3 Å². The third kappa shape index (κ3) is 4.69. The Morgan fingerprint density at radius 1 is 1.67 bits per heavy atom. The van der Waals surface area contributed by atoms with Gasteiger partial charge in [0, 0.05) is 0 Å². The molecular formula is C8H14N2O2. The highest BCUT2D eigenvalue weighted by Gasteiger charge is 2.15. The zero-order valence-corrected chi connectivity index (χ0v) is 7.41. The second-order valence-corrected chi connectivity index (χ2v) is 3.00. The average molecular weight is 170 g/mol. The molecule has 2 N–H and O–H groups in total. The smallest absolute Gasteiger partial charge is 0.323 e. The molecule has 4 nitrogen and oxygen atoms in total. The number of nitrogens with zero attached hydrogens (tertiary/aromatic N) is 1. The van der Waals surface area contributed by atoms with Crippen LogP contribution in [0.25, 0.3) is 0 Å². The molecule has 0 aromatic heterocycles. The molecule has 0 rings (SSSR count). The van der Waals surface area contributed by atoms with Crippen LogP contribution in [-0.4, -0.2) is 18.6 Å². The van der Waals surface area contributed by atoms with Gasteiger partial charge in [0.1, 0.15) is 12.1 Å². The Morgan fingerprint density at radius 2 is 2.25 bits per heavy atom. The van der Waals surface area contributed by atoms with E-state index in [1.807, 2.05) is 13.8 Å². The minimum Gasteiger partial charge on any atom is -0.449 e. The number of rotatable bonds is 4. The number of carbonyl (C=O) groups is 1. The van der Waals surface area contributed by atoms with Crippen LogP contribution in [0.3, 0.4) is 0 Å². The van der Waals surface area contributed by atoms with Crippen LogP contribution in [0.2, 0.25) is 0 Å². The van der Waals surface area contributed by atoms with Gasteiger partial charge in [-0.2, -0.15) is 5.26 Å². The van der Waals surface area contributed by atoms with Gasteiger partial charge in [-0.25, -0.2) is 0 Å². The van der Waals surface area contributed by atoms with E-state index in [0.717, 1.165) is 0 Å². The van der Waals surface area contributed by atoms with Gasteiger partial charge in [0.25, 0.3) is 0 Å². The molecule has 0 saturated heterocycles. The second kappa shape index (κ2) is 5.56. The number of hydrogen-bond donors (Lipinski definition) is 1. The predicted octanol–water partition coefficient (Wildman–Crippen LogP) is 0.427. The maximum atomic E-state index is 10.9. The summed E-state index contributed by atoms with van der Waals surface area (Å²) in [6.45, 7) is 3.72. The predicted molar refractivity (Wildman–Crippen MR) is 44.0 cm³/mol. The molecular weight excluding hydrogens is 156 g/mol. The number of hydrogen-bond acceptors (Lipinski definition) is 4. The number of ether oxygens (including phenoxy) is 1. The van der Waals surface area contributed by atoms with Gasteiger partial charge in [-0.3, -0.25) is 4.79 Å². The van der Waals surface area contributed by atoms with E-state index in [4.69, 9.17) is 11.0 Å². The summed E-state index contributed by atoms with van der Waals surface area (Å²) in [5, 5.41) is 8.11. The second-order valence-electron chi connectivity index (χ2n) is 3.00. The van der Waals surface area contributed by atoms with Crippen molar-refractivity contribution in [2.45, 2.75) is 26.3 Å². The van der Waals surface area contributed by atoms with Crippen LogP contribution in [-0.2, 0) is 9.53 Å². The number of nitriles is 1. The molecule has 0 heterocycles. The summed E-state index contributed by atoms with van der Waals surface area (Å²) in [7, 11) is 0. The Kier molecular flexibility index (Phi) is 5.06. The monoisotopic (exact) mass is 170 g/mol. The maximum Gasteiger partial charge on any atom is 0.323 e. The molecule has 0 aliphatic carbocycles. The molecule has 0 aliphatic heterocycles. The molecule has 0 spiro atoms. The largest absolute Gasteiger partial charge is 0.449 e. The van der Waals surface area contributed by atoms with Crippen LogP contribution >= 0.6 is 0 Å². The van der Waals surface area contributed by atoms with Gasteiger partial charge in [-0.15, -0.1) is 0 Å². The van der Waals surface area contributed by atoms with E-state index in [2.05, 4.69) is 4.74 Å². The van der Waals surface area contributed by atoms with Crippen molar-refractivity contribution in [1.82, 2.24) is 0 Å². The number of esters is 1. The van der Waals surface area contributed by atoms with Gasteiger partial charge in [0.15, 0.2) is 6.61 Å². The Hall–Kier alpha value is -1.08. The SMILES string of the molecule is CC(C)C[C@H](N)C(=O)OCC#N. The van der Waals surface area contributed by atoms with Crippen molar-refractivity contribution in [2.75, 3.05) is 6.61 Å². The lowest BCUT2D eigenvalue weighted by molar-refractivity contribution is -0.144. The fourth-order valence-corrected chi connectivity index (χ4v) is 0.815. The first-order valence-corrected chi connectivity index (χ1v) is 3.87. The van der Waals surface area contributed by atoms with Crippen LogP contribution in [0, 0.1) is 17.2 Å². The first-order valence-electron chi connectivity index (χ1n) is 3.87. The topological polar surface area (TPSA) is 76.1 Å². The highest BCUT2D eigenvalue weighted by Crippen LogP contribution is 2.03. The van der Waals surface area contributed by atoms with Crippen LogP contribution < -0.4 is 5.73 Å². The molecule has 1 atom stereocenters. The van der Waals surface area contributed by atoms with Crippen LogP contribution in [0.15, 0.2) is 0 Å². The van der Waals surface area contributed by atoms with Crippen LogP contribution in [0.5, 0.6) is 0 Å². The summed E-state index contributed by atoms with van der Waals surface area (Å²) in [6.07, 6.45) is 0.588. The fourth-order valence-electron chi connectivity index (χ4n) is 0.815. The van der Waals surface area contributed by atoms with Gasteiger partial charge in [-0.1, -0.05) is 13.8 Å². The fraction of sp³-hybridized carbons (Fsp3) is 0.750. The lowest BCUT2D eigenvalue weighted by Crippen LogP contribution is -2.33. The van der Waals surface area contributed by atoms with Gasteiger partial charge in [-0.05, 0) is 12.3 Å². The summed E-state index contributed by atoms with van der Waals surface area (Å²) in [6, 6.07) is 1.11. The van der Waals surface area contributed by atoms with E-state index >= 15 is 0 Å². The molecule has 0 radical (unpaired) electrons.